The van der Waals surface area contributed by atoms with Crippen LogP contribution in [0.5, 0.6) is 0 Å². The molecule has 2 aromatic rings. The van der Waals surface area contributed by atoms with E-state index in [1.165, 1.54) is 11.1 Å². The van der Waals surface area contributed by atoms with E-state index in [4.69, 9.17) is 4.74 Å². The van der Waals surface area contributed by atoms with Gasteiger partial charge in [0.25, 0.3) is 0 Å². The third-order valence-electron chi connectivity index (χ3n) is 4.60. The van der Waals surface area contributed by atoms with Crippen LogP contribution in [0.3, 0.4) is 0 Å². The van der Waals surface area contributed by atoms with Crippen molar-refractivity contribution in [1.29, 1.82) is 0 Å². The van der Waals surface area contributed by atoms with Crippen molar-refractivity contribution >= 4 is 5.69 Å². The SMILES string of the molecule is Cc1ccc(CCc2ccc(N3C[C@@H](C)O[C@@H](C)C3)c(F)c2)cc1. The number of anilines is 1. The van der Waals surface area contributed by atoms with Crippen molar-refractivity contribution in [2.24, 2.45) is 0 Å². The second-order valence-corrected chi connectivity index (χ2v) is 6.93. The highest BCUT2D eigenvalue weighted by molar-refractivity contribution is 5.50. The van der Waals surface area contributed by atoms with Crippen LogP contribution < -0.4 is 4.90 Å². The first-order valence-corrected chi connectivity index (χ1v) is 8.75. The van der Waals surface area contributed by atoms with Gasteiger partial charge in [0.05, 0.1) is 17.9 Å². The molecule has 1 fully saturated rings. The molecule has 2 aromatic carbocycles. The Morgan fingerprint density at radius 1 is 0.958 bits per heavy atom. The van der Waals surface area contributed by atoms with Crippen LogP contribution in [0.15, 0.2) is 42.5 Å². The molecule has 0 bridgehead atoms. The van der Waals surface area contributed by atoms with E-state index in [1.54, 1.807) is 6.07 Å². The van der Waals surface area contributed by atoms with Crippen molar-refractivity contribution in [2.75, 3.05) is 18.0 Å². The molecule has 2 nitrogen and oxygen atoms in total. The predicted molar refractivity (Wildman–Crippen MR) is 97.2 cm³/mol. The highest BCUT2D eigenvalue weighted by atomic mass is 19.1. The Morgan fingerprint density at radius 3 is 2.17 bits per heavy atom. The summed E-state index contributed by atoms with van der Waals surface area (Å²) >= 11 is 0. The molecule has 0 radical (unpaired) electrons. The van der Waals surface area contributed by atoms with Gasteiger partial charge in [-0.15, -0.1) is 0 Å². The number of nitrogens with zero attached hydrogens (tertiary/aromatic N) is 1. The van der Waals surface area contributed by atoms with E-state index in [0.717, 1.165) is 31.5 Å². The predicted octanol–water partition coefficient (Wildman–Crippen LogP) is 4.53. The van der Waals surface area contributed by atoms with Crippen molar-refractivity contribution < 1.29 is 9.13 Å². The summed E-state index contributed by atoms with van der Waals surface area (Å²) in [4.78, 5) is 2.10. The van der Waals surface area contributed by atoms with Gasteiger partial charge in [-0.2, -0.15) is 0 Å². The van der Waals surface area contributed by atoms with E-state index in [9.17, 15) is 4.39 Å². The van der Waals surface area contributed by atoms with Crippen molar-refractivity contribution in [3.63, 3.8) is 0 Å². The normalized spacial score (nSPS) is 21.1. The molecule has 0 amide bonds. The fourth-order valence-electron chi connectivity index (χ4n) is 3.38. The lowest BCUT2D eigenvalue weighted by Crippen LogP contribution is -2.45. The third-order valence-corrected chi connectivity index (χ3v) is 4.60. The molecule has 1 heterocycles. The maximum atomic E-state index is 14.6. The molecule has 3 heteroatoms. The number of aryl methyl sites for hydroxylation is 3. The number of hydrogen-bond donors (Lipinski definition) is 0. The Balaban J connectivity index is 1.67. The zero-order chi connectivity index (χ0) is 17.1. The van der Waals surface area contributed by atoms with Crippen molar-refractivity contribution in [2.45, 2.75) is 45.8 Å². The van der Waals surface area contributed by atoms with Crippen LogP contribution in [0.25, 0.3) is 0 Å². The molecule has 2 atom stereocenters. The maximum Gasteiger partial charge on any atom is 0.146 e. The smallest absolute Gasteiger partial charge is 0.146 e. The molecular formula is C21H26FNO. The van der Waals surface area contributed by atoms with Crippen molar-refractivity contribution in [1.82, 2.24) is 0 Å². The summed E-state index contributed by atoms with van der Waals surface area (Å²) in [6.07, 6.45) is 2.06. The number of rotatable bonds is 4. The summed E-state index contributed by atoms with van der Waals surface area (Å²) in [6, 6.07) is 14.2. The molecule has 3 rings (SSSR count). The zero-order valence-electron chi connectivity index (χ0n) is 14.8. The van der Waals surface area contributed by atoms with Gasteiger partial charge in [0.2, 0.25) is 0 Å². The van der Waals surface area contributed by atoms with Gasteiger partial charge in [-0.3, -0.25) is 0 Å². The lowest BCUT2D eigenvalue weighted by atomic mass is 10.0. The highest BCUT2D eigenvalue weighted by Gasteiger charge is 2.24. The highest BCUT2D eigenvalue weighted by Crippen LogP contribution is 2.25. The standard InChI is InChI=1S/C21H26FNO/c1-15-4-6-18(7-5-15)8-9-19-10-11-21(20(22)12-19)23-13-16(2)24-17(3)14-23/h4-7,10-12,16-17H,8-9,13-14H2,1-3H3/t16-,17+. The minimum absolute atomic E-state index is 0.127. The number of ether oxygens (including phenoxy) is 1. The van der Waals surface area contributed by atoms with Gasteiger partial charge in [-0.05, 0) is 56.9 Å². The lowest BCUT2D eigenvalue weighted by Gasteiger charge is -2.37. The Bertz CT molecular complexity index is 673. The minimum atomic E-state index is -0.127. The molecular weight excluding hydrogens is 301 g/mol. The van der Waals surface area contributed by atoms with E-state index >= 15 is 0 Å². The first kappa shape index (κ1) is 17.0. The van der Waals surface area contributed by atoms with Crippen LogP contribution in [-0.2, 0) is 17.6 Å². The van der Waals surface area contributed by atoms with E-state index in [0.29, 0.717) is 5.69 Å². The van der Waals surface area contributed by atoms with Crippen LogP contribution in [0.1, 0.15) is 30.5 Å². The lowest BCUT2D eigenvalue weighted by molar-refractivity contribution is -0.00539. The Labute approximate surface area is 144 Å². The quantitative estimate of drug-likeness (QED) is 0.818. The maximum absolute atomic E-state index is 14.6. The summed E-state index contributed by atoms with van der Waals surface area (Å²) in [7, 11) is 0. The van der Waals surface area contributed by atoms with Crippen LogP contribution in [0.2, 0.25) is 0 Å². The minimum Gasteiger partial charge on any atom is -0.372 e. The molecule has 1 aliphatic heterocycles. The molecule has 0 unspecified atom stereocenters. The topological polar surface area (TPSA) is 12.5 Å². The van der Waals surface area contributed by atoms with Gasteiger partial charge in [0.15, 0.2) is 0 Å². The summed E-state index contributed by atoms with van der Waals surface area (Å²) in [6.45, 7) is 7.65. The van der Waals surface area contributed by atoms with Gasteiger partial charge in [0, 0.05) is 13.1 Å². The zero-order valence-corrected chi connectivity index (χ0v) is 14.8. The average molecular weight is 327 g/mol. The molecule has 0 aromatic heterocycles. The van der Waals surface area contributed by atoms with Crippen LogP contribution in [0, 0.1) is 12.7 Å². The first-order valence-electron chi connectivity index (χ1n) is 8.75. The second-order valence-electron chi connectivity index (χ2n) is 6.93. The Hall–Kier alpha value is -1.87. The summed E-state index contributed by atoms with van der Waals surface area (Å²) in [5.74, 6) is -0.127. The van der Waals surface area contributed by atoms with Gasteiger partial charge < -0.3 is 9.64 Å². The number of hydrogen-bond acceptors (Lipinski definition) is 2. The summed E-state index contributed by atoms with van der Waals surface area (Å²) in [5, 5.41) is 0. The summed E-state index contributed by atoms with van der Waals surface area (Å²) < 4.78 is 20.3. The van der Waals surface area contributed by atoms with Gasteiger partial charge in [-0.25, -0.2) is 4.39 Å². The van der Waals surface area contributed by atoms with Crippen LogP contribution in [-0.4, -0.2) is 25.3 Å². The molecule has 24 heavy (non-hydrogen) atoms. The van der Waals surface area contributed by atoms with Crippen LogP contribution in [0.4, 0.5) is 10.1 Å². The Morgan fingerprint density at radius 2 is 1.54 bits per heavy atom. The number of benzene rings is 2. The van der Waals surface area contributed by atoms with Gasteiger partial charge in [-0.1, -0.05) is 35.9 Å². The van der Waals surface area contributed by atoms with Crippen LogP contribution >= 0.6 is 0 Å². The number of halogens is 1. The summed E-state index contributed by atoms with van der Waals surface area (Å²) in [5.41, 5.74) is 4.30. The molecule has 1 saturated heterocycles. The fraction of sp³-hybridized carbons (Fsp3) is 0.429. The third kappa shape index (κ3) is 4.15. The van der Waals surface area contributed by atoms with Crippen molar-refractivity contribution in [3.8, 4) is 0 Å². The van der Waals surface area contributed by atoms with E-state index in [2.05, 4.69) is 42.2 Å². The van der Waals surface area contributed by atoms with Gasteiger partial charge in [0.1, 0.15) is 5.82 Å². The fourth-order valence-corrected chi connectivity index (χ4v) is 3.38. The molecule has 128 valence electrons. The average Bonchev–Trinajstić information content (AvgIpc) is 2.53. The molecule has 0 N–H and O–H groups in total. The number of morpholine rings is 1. The Kier molecular flexibility index (Phi) is 5.20. The second kappa shape index (κ2) is 7.35. The van der Waals surface area contributed by atoms with E-state index in [-0.39, 0.29) is 18.0 Å². The van der Waals surface area contributed by atoms with Crippen molar-refractivity contribution in [3.05, 3.63) is 65.0 Å². The molecule has 0 saturated carbocycles. The first-order chi connectivity index (χ1) is 11.5. The molecule has 0 aliphatic carbocycles. The van der Waals surface area contributed by atoms with E-state index < -0.39 is 0 Å². The monoisotopic (exact) mass is 327 g/mol. The molecule has 0 spiro atoms. The van der Waals surface area contributed by atoms with E-state index in [1.807, 2.05) is 19.9 Å². The molecule has 1 aliphatic rings. The largest absolute Gasteiger partial charge is 0.372 e. The van der Waals surface area contributed by atoms with Gasteiger partial charge >= 0.3 is 0 Å².